The number of nitrogens with zero attached hydrogens (tertiary/aromatic N) is 1. The van der Waals surface area contributed by atoms with Gasteiger partial charge in [-0.15, -0.1) is 11.8 Å². The Hall–Kier alpha value is -2.28. The van der Waals surface area contributed by atoms with E-state index < -0.39 is 6.10 Å². The van der Waals surface area contributed by atoms with Crippen molar-refractivity contribution < 1.29 is 14.3 Å². The third kappa shape index (κ3) is 5.45. The van der Waals surface area contributed by atoms with Crippen LogP contribution in [0.4, 0.5) is 0 Å². The number of ether oxygens (including phenoxy) is 1. The van der Waals surface area contributed by atoms with Gasteiger partial charge in [0, 0.05) is 26.3 Å². The summed E-state index contributed by atoms with van der Waals surface area (Å²) in [5.74, 6) is 5.18. The number of likely N-dealkylation sites (N-methyl/N-ethyl adjacent to an activating group) is 1. The van der Waals surface area contributed by atoms with Crippen LogP contribution in [0.5, 0.6) is 0 Å². The van der Waals surface area contributed by atoms with Gasteiger partial charge in [-0.05, 0) is 19.4 Å². The van der Waals surface area contributed by atoms with Crippen molar-refractivity contribution in [1.29, 1.82) is 0 Å². The average Bonchev–Trinajstić information content (AvgIpc) is 2.56. The molecule has 4 nitrogen and oxygen atoms in total. The van der Waals surface area contributed by atoms with Gasteiger partial charge in [0.1, 0.15) is 6.10 Å². The quantitative estimate of drug-likeness (QED) is 0.598. The minimum atomic E-state index is -0.493. The fourth-order valence-electron chi connectivity index (χ4n) is 2.36. The maximum absolute atomic E-state index is 12.5. The molecule has 0 aromatic heterocycles. The Morgan fingerprint density at radius 3 is 2.35 bits per heavy atom. The molecule has 0 bridgehead atoms. The van der Waals surface area contributed by atoms with Crippen LogP contribution in [0.15, 0.2) is 30.3 Å². The molecule has 1 amide bonds. The molecular weight excluding hydrogens is 290 g/mol. The van der Waals surface area contributed by atoms with Crippen molar-refractivity contribution >= 4 is 11.9 Å². The Morgan fingerprint density at radius 1 is 1.22 bits per heavy atom. The van der Waals surface area contributed by atoms with Crippen LogP contribution < -0.4 is 0 Å². The van der Waals surface area contributed by atoms with Crippen LogP contribution in [0.3, 0.4) is 0 Å². The van der Waals surface area contributed by atoms with E-state index in [9.17, 15) is 9.59 Å². The number of hydrogen-bond acceptors (Lipinski definition) is 3. The van der Waals surface area contributed by atoms with Crippen molar-refractivity contribution in [1.82, 2.24) is 4.90 Å². The van der Waals surface area contributed by atoms with Crippen LogP contribution >= 0.6 is 0 Å². The van der Waals surface area contributed by atoms with Gasteiger partial charge in [-0.1, -0.05) is 37.3 Å². The predicted octanol–water partition coefficient (Wildman–Crippen LogP) is 3.19. The van der Waals surface area contributed by atoms with Gasteiger partial charge < -0.3 is 9.64 Å². The maximum Gasteiger partial charge on any atom is 0.303 e. The van der Waals surface area contributed by atoms with Gasteiger partial charge in [0.05, 0.1) is 6.04 Å². The molecular formula is C19H25NO3. The molecule has 0 radical (unpaired) electrons. The van der Waals surface area contributed by atoms with E-state index in [4.69, 9.17) is 4.74 Å². The fourth-order valence-corrected chi connectivity index (χ4v) is 2.36. The maximum atomic E-state index is 12.5. The van der Waals surface area contributed by atoms with Crippen molar-refractivity contribution in [2.75, 3.05) is 7.05 Å². The summed E-state index contributed by atoms with van der Waals surface area (Å²) >= 11 is 0. The lowest BCUT2D eigenvalue weighted by molar-refractivity contribution is -0.154. The molecule has 0 aliphatic heterocycles. The zero-order valence-electron chi connectivity index (χ0n) is 14.5. The number of esters is 1. The van der Waals surface area contributed by atoms with Crippen LogP contribution in [-0.4, -0.2) is 29.9 Å². The third-order valence-electron chi connectivity index (χ3n) is 3.82. The Bertz CT molecular complexity index is 586. The van der Waals surface area contributed by atoms with E-state index in [0.29, 0.717) is 6.42 Å². The summed E-state index contributed by atoms with van der Waals surface area (Å²) in [6.45, 7) is 6.88. The van der Waals surface area contributed by atoms with Gasteiger partial charge in [0.15, 0.2) is 0 Å². The molecule has 0 aliphatic rings. The summed E-state index contributed by atoms with van der Waals surface area (Å²) in [7, 11) is 1.74. The van der Waals surface area contributed by atoms with E-state index in [1.54, 1.807) is 18.9 Å². The highest BCUT2D eigenvalue weighted by Gasteiger charge is 2.30. The van der Waals surface area contributed by atoms with Crippen molar-refractivity contribution in [3.63, 3.8) is 0 Å². The second-order valence-corrected chi connectivity index (χ2v) is 5.66. The number of hydrogen-bond donors (Lipinski definition) is 0. The molecule has 23 heavy (non-hydrogen) atoms. The fraction of sp³-hybridized carbons (Fsp3) is 0.474. The summed E-state index contributed by atoms with van der Waals surface area (Å²) in [4.78, 5) is 25.6. The summed E-state index contributed by atoms with van der Waals surface area (Å²) in [6.07, 6.45) is 0.0304. The SMILES string of the molecule is CC#CC[C@H](C)C(=O)N(C)[C@@H](C)[C@@H](OC(C)=O)c1ccccc1. The van der Waals surface area contributed by atoms with E-state index >= 15 is 0 Å². The molecule has 1 rings (SSSR count). The lowest BCUT2D eigenvalue weighted by Gasteiger charge is -2.33. The highest BCUT2D eigenvalue weighted by atomic mass is 16.5. The summed E-state index contributed by atoms with van der Waals surface area (Å²) in [5.41, 5.74) is 0.871. The minimum absolute atomic E-state index is 0.00617. The van der Waals surface area contributed by atoms with Gasteiger partial charge >= 0.3 is 5.97 Å². The lowest BCUT2D eigenvalue weighted by atomic mass is 10.00. The van der Waals surface area contributed by atoms with Crippen molar-refractivity contribution in [3.05, 3.63) is 35.9 Å². The summed E-state index contributed by atoms with van der Waals surface area (Å²) in [6, 6.07) is 9.20. The van der Waals surface area contributed by atoms with E-state index in [0.717, 1.165) is 5.56 Å². The number of benzene rings is 1. The Morgan fingerprint density at radius 2 is 1.83 bits per heavy atom. The zero-order valence-corrected chi connectivity index (χ0v) is 14.5. The second kappa shape index (κ2) is 8.99. The van der Waals surface area contributed by atoms with E-state index in [1.165, 1.54) is 6.92 Å². The summed E-state index contributed by atoms with van der Waals surface area (Å²) < 4.78 is 5.47. The van der Waals surface area contributed by atoms with E-state index in [1.807, 2.05) is 44.2 Å². The molecule has 0 fully saturated rings. The van der Waals surface area contributed by atoms with Crippen LogP contribution in [0.1, 0.15) is 45.8 Å². The first-order valence-electron chi connectivity index (χ1n) is 7.76. The highest BCUT2D eigenvalue weighted by molar-refractivity contribution is 5.79. The lowest BCUT2D eigenvalue weighted by Crippen LogP contribution is -2.42. The molecule has 4 heteroatoms. The smallest absolute Gasteiger partial charge is 0.303 e. The molecule has 0 N–H and O–H groups in total. The molecule has 1 aromatic rings. The topological polar surface area (TPSA) is 46.6 Å². The molecule has 124 valence electrons. The Balaban J connectivity index is 2.94. The molecule has 0 heterocycles. The molecule has 0 unspecified atom stereocenters. The molecule has 0 spiro atoms. The standard InChI is InChI=1S/C19H25NO3/c1-6-7-11-14(2)19(22)20(5)15(3)18(23-16(4)21)17-12-9-8-10-13-17/h8-10,12-15,18H,11H2,1-5H3/t14-,15-,18+/m0/s1. The van der Waals surface area contributed by atoms with Crippen LogP contribution in [-0.2, 0) is 14.3 Å². The van der Waals surface area contributed by atoms with Gasteiger partial charge in [-0.3, -0.25) is 9.59 Å². The van der Waals surface area contributed by atoms with Crippen LogP contribution in [0.25, 0.3) is 0 Å². The Labute approximate surface area is 138 Å². The number of carbonyl (C=O) groups excluding carboxylic acids is 2. The average molecular weight is 315 g/mol. The monoisotopic (exact) mass is 315 g/mol. The minimum Gasteiger partial charge on any atom is -0.455 e. The Kier molecular flexibility index (Phi) is 7.34. The van der Waals surface area contributed by atoms with Gasteiger partial charge in [0.2, 0.25) is 5.91 Å². The van der Waals surface area contributed by atoms with Gasteiger partial charge in [-0.25, -0.2) is 0 Å². The van der Waals surface area contributed by atoms with E-state index in [2.05, 4.69) is 11.8 Å². The highest BCUT2D eigenvalue weighted by Crippen LogP contribution is 2.25. The molecule has 0 saturated carbocycles. The first-order chi connectivity index (χ1) is 10.9. The van der Waals surface area contributed by atoms with Crippen molar-refractivity contribution in [2.24, 2.45) is 5.92 Å². The number of amides is 1. The predicted molar refractivity (Wildman–Crippen MR) is 90.4 cm³/mol. The first kappa shape index (κ1) is 18.8. The first-order valence-corrected chi connectivity index (χ1v) is 7.76. The van der Waals surface area contributed by atoms with Gasteiger partial charge in [-0.2, -0.15) is 0 Å². The second-order valence-electron chi connectivity index (χ2n) is 5.66. The van der Waals surface area contributed by atoms with Crippen molar-refractivity contribution in [3.8, 4) is 11.8 Å². The van der Waals surface area contributed by atoms with Crippen LogP contribution in [0, 0.1) is 17.8 Å². The molecule has 0 saturated heterocycles. The summed E-state index contributed by atoms with van der Waals surface area (Å²) in [5, 5.41) is 0. The molecule has 0 aliphatic carbocycles. The third-order valence-corrected chi connectivity index (χ3v) is 3.82. The van der Waals surface area contributed by atoms with E-state index in [-0.39, 0.29) is 23.8 Å². The molecule has 1 aromatic carbocycles. The van der Waals surface area contributed by atoms with Crippen molar-refractivity contribution in [2.45, 2.75) is 46.3 Å². The number of rotatable bonds is 6. The molecule has 3 atom stereocenters. The normalized spacial score (nSPS) is 14.0. The largest absolute Gasteiger partial charge is 0.455 e. The number of carbonyl (C=O) groups is 2. The van der Waals surface area contributed by atoms with Crippen LogP contribution in [0.2, 0.25) is 0 Å². The zero-order chi connectivity index (χ0) is 17.4. The van der Waals surface area contributed by atoms with Gasteiger partial charge in [0.25, 0.3) is 0 Å².